The number of para-hydroxylation sites is 1. The lowest BCUT2D eigenvalue weighted by Gasteiger charge is -2.12. The predicted octanol–water partition coefficient (Wildman–Crippen LogP) is 3.23. The Labute approximate surface area is 133 Å². The van der Waals surface area contributed by atoms with Crippen molar-refractivity contribution in [3.8, 4) is 5.75 Å². The molecule has 0 fully saturated rings. The van der Waals surface area contributed by atoms with Gasteiger partial charge in [-0.05, 0) is 30.2 Å². The zero-order valence-corrected chi connectivity index (χ0v) is 12.9. The van der Waals surface area contributed by atoms with Crippen LogP contribution >= 0.6 is 0 Å². The molecule has 0 bridgehead atoms. The summed E-state index contributed by atoms with van der Waals surface area (Å²) in [5.41, 5.74) is 2.01. The van der Waals surface area contributed by atoms with Crippen LogP contribution in [-0.4, -0.2) is 20.8 Å². The van der Waals surface area contributed by atoms with Gasteiger partial charge < -0.3 is 10.1 Å². The Morgan fingerprint density at radius 3 is 2.74 bits per heavy atom. The standard InChI is InChI=1S/C16H15F2NO3S/c17-16(18)22-14-4-2-1-3-12(14)10-19-13-6-5-11-7-8-23(20,21)15(11)9-13/h1-6,9,16,19H,7-8,10H2. The molecule has 4 nitrogen and oxygen atoms in total. The second-order valence-corrected chi connectivity index (χ2v) is 7.31. The SMILES string of the molecule is O=S1(=O)CCc2ccc(NCc3ccccc3OC(F)F)cc21. The van der Waals surface area contributed by atoms with Crippen LogP contribution in [0.4, 0.5) is 14.5 Å². The van der Waals surface area contributed by atoms with Crippen molar-refractivity contribution in [1.29, 1.82) is 0 Å². The lowest BCUT2D eigenvalue weighted by molar-refractivity contribution is -0.0504. The number of alkyl halides is 2. The molecule has 1 aliphatic heterocycles. The summed E-state index contributed by atoms with van der Waals surface area (Å²) in [4.78, 5) is 0.347. The molecule has 2 aromatic rings. The molecule has 23 heavy (non-hydrogen) atoms. The maximum Gasteiger partial charge on any atom is 0.387 e. The van der Waals surface area contributed by atoms with Gasteiger partial charge in [0.25, 0.3) is 0 Å². The van der Waals surface area contributed by atoms with E-state index in [0.717, 1.165) is 5.56 Å². The first-order valence-corrected chi connectivity index (χ1v) is 8.73. The monoisotopic (exact) mass is 339 g/mol. The van der Waals surface area contributed by atoms with Crippen LogP contribution in [0, 0.1) is 0 Å². The van der Waals surface area contributed by atoms with E-state index in [1.54, 1.807) is 36.4 Å². The number of aryl methyl sites for hydroxylation is 1. The first kappa shape index (κ1) is 15.7. The topological polar surface area (TPSA) is 55.4 Å². The number of sulfone groups is 1. The number of anilines is 1. The van der Waals surface area contributed by atoms with Gasteiger partial charge in [-0.2, -0.15) is 8.78 Å². The molecule has 0 saturated carbocycles. The van der Waals surface area contributed by atoms with Gasteiger partial charge in [0.15, 0.2) is 9.84 Å². The molecule has 7 heteroatoms. The molecular weight excluding hydrogens is 324 g/mol. The van der Waals surface area contributed by atoms with Crippen LogP contribution in [0.5, 0.6) is 5.75 Å². The van der Waals surface area contributed by atoms with Crippen LogP contribution in [-0.2, 0) is 22.8 Å². The molecule has 1 aliphatic rings. The number of benzene rings is 2. The van der Waals surface area contributed by atoms with Gasteiger partial charge in [0.2, 0.25) is 0 Å². The third kappa shape index (κ3) is 3.44. The minimum atomic E-state index is -3.20. The Morgan fingerprint density at radius 2 is 1.96 bits per heavy atom. The van der Waals surface area contributed by atoms with Crippen LogP contribution in [0.15, 0.2) is 47.4 Å². The van der Waals surface area contributed by atoms with Gasteiger partial charge in [0.1, 0.15) is 5.75 Å². The number of ether oxygens (including phenoxy) is 1. The third-order valence-electron chi connectivity index (χ3n) is 3.71. The Bertz CT molecular complexity index is 822. The molecule has 0 saturated heterocycles. The summed E-state index contributed by atoms with van der Waals surface area (Å²) in [6, 6.07) is 11.6. The molecule has 1 heterocycles. The third-order valence-corrected chi connectivity index (χ3v) is 5.51. The van der Waals surface area contributed by atoms with E-state index >= 15 is 0 Å². The second-order valence-electron chi connectivity index (χ2n) is 5.23. The number of halogens is 2. The van der Waals surface area contributed by atoms with Gasteiger partial charge in [-0.1, -0.05) is 24.3 Å². The van der Waals surface area contributed by atoms with Crippen molar-refractivity contribution in [2.45, 2.75) is 24.5 Å². The van der Waals surface area contributed by atoms with Gasteiger partial charge in [-0.15, -0.1) is 0 Å². The number of nitrogens with one attached hydrogen (secondary N) is 1. The van der Waals surface area contributed by atoms with E-state index in [2.05, 4.69) is 10.1 Å². The van der Waals surface area contributed by atoms with Crippen molar-refractivity contribution in [3.05, 3.63) is 53.6 Å². The highest BCUT2D eigenvalue weighted by Gasteiger charge is 2.26. The molecule has 0 aromatic heterocycles. The lowest BCUT2D eigenvalue weighted by Crippen LogP contribution is -2.07. The van der Waals surface area contributed by atoms with E-state index < -0.39 is 16.4 Å². The molecular formula is C16H15F2NO3S. The first-order chi connectivity index (χ1) is 11.0. The molecule has 0 aliphatic carbocycles. The minimum Gasteiger partial charge on any atom is -0.434 e. The van der Waals surface area contributed by atoms with Gasteiger partial charge >= 0.3 is 6.61 Å². The molecule has 3 rings (SSSR count). The number of hydrogen-bond acceptors (Lipinski definition) is 4. The van der Waals surface area contributed by atoms with Gasteiger partial charge in [0, 0.05) is 17.8 Å². The largest absolute Gasteiger partial charge is 0.434 e. The predicted molar refractivity (Wildman–Crippen MR) is 82.6 cm³/mol. The normalized spacial score (nSPS) is 15.4. The average Bonchev–Trinajstić information content (AvgIpc) is 2.81. The summed E-state index contributed by atoms with van der Waals surface area (Å²) >= 11 is 0. The van der Waals surface area contributed by atoms with Gasteiger partial charge in [0.05, 0.1) is 10.6 Å². The number of rotatable bonds is 5. The summed E-state index contributed by atoms with van der Waals surface area (Å²) in [7, 11) is -3.20. The number of hydrogen-bond donors (Lipinski definition) is 1. The summed E-state index contributed by atoms with van der Waals surface area (Å²) in [5, 5.41) is 3.05. The minimum absolute atomic E-state index is 0.101. The molecule has 2 aromatic carbocycles. The molecule has 0 spiro atoms. The second kappa shape index (κ2) is 6.16. The Hall–Kier alpha value is -2.15. The fourth-order valence-electron chi connectivity index (χ4n) is 2.57. The van der Waals surface area contributed by atoms with Crippen molar-refractivity contribution in [2.75, 3.05) is 11.1 Å². The van der Waals surface area contributed by atoms with E-state index in [4.69, 9.17) is 0 Å². The Morgan fingerprint density at radius 1 is 1.17 bits per heavy atom. The van der Waals surface area contributed by atoms with Crippen LogP contribution in [0.2, 0.25) is 0 Å². The van der Waals surface area contributed by atoms with Crippen molar-refractivity contribution in [2.24, 2.45) is 0 Å². The van der Waals surface area contributed by atoms with E-state index in [9.17, 15) is 17.2 Å². The molecule has 1 N–H and O–H groups in total. The van der Waals surface area contributed by atoms with E-state index in [0.29, 0.717) is 22.6 Å². The van der Waals surface area contributed by atoms with Gasteiger partial charge in [-0.25, -0.2) is 8.42 Å². The molecule has 0 atom stereocenters. The maximum atomic E-state index is 12.4. The molecule has 0 unspecified atom stereocenters. The smallest absolute Gasteiger partial charge is 0.387 e. The zero-order valence-electron chi connectivity index (χ0n) is 12.1. The van der Waals surface area contributed by atoms with Crippen LogP contribution in [0.25, 0.3) is 0 Å². The van der Waals surface area contributed by atoms with Gasteiger partial charge in [-0.3, -0.25) is 0 Å². The summed E-state index contributed by atoms with van der Waals surface area (Å²) < 4.78 is 53.1. The highest BCUT2D eigenvalue weighted by molar-refractivity contribution is 7.91. The molecule has 0 amide bonds. The zero-order chi connectivity index (χ0) is 16.4. The quantitative estimate of drug-likeness (QED) is 0.909. The fraction of sp³-hybridized carbons (Fsp3) is 0.250. The lowest BCUT2D eigenvalue weighted by atomic mass is 10.1. The number of fused-ring (bicyclic) bond motifs is 1. The van der Waals surface area contributed by atoms with Crippen molar-refractivity contribution in [3.63, 3.8) is 0 Å². The summed E-state index contributed by atoms with van der Waals surface area (Å²) in [6.07, 6.45) is 0.531. The van der Waals surface area contributed by atoms with E-state index in [1.165, 1.54) is 6.07 Å². The summed E-state index contributed by atoms with van der Waals surface area (Å²) in [5.74, 6) is 0.236. The van der Waals surface area contributed by atoms with Crippen molar-refractivity contribution in [1.82, 2.24) is 0 Å². The molecule has 0 radical (unpaired) electrons. The summed E-state index contributed by atoms with van der Waals surface area (Å²) in [6.45, 7) is -2.64. The highest BCUT2D eigenvalue weighted by atomic mass is 32.2. The fourth-order valence-corrected chi connectivity index (χ4v) is 4.16. The Kier molecular flexibility index (Phi) is 4.21. The Balaban J connectivity index is 1.78. The van der Waals surface area contributed by atoms with E-state index in [-0.39, 0.29) is 18.0 Å². The van der Waals surface area contributed by atoms with Crippen LogP contribution < -0.4 is 10.1 Å². The van der Waals surface area contributed by atoms with Crippen LogP contribution in [0.3, 0.4) is 0 Å². The van der Waals surface area contributed by atoms with Crippen molar-refractivity contribution >= 4 is 15.5 Å². The maximum absolute atomic E-state index is 12.4. The van der Waals surface area contributed by atoms with Crippen molar-refractivity contribution < 1.29 is 21.9 Å². The highest BCUT2D eigenvalue weighted by Crippen LogP contribution is 2.29. The average molecular weight is 339 g/mol. The first-order valence-electron chi connectivity index (χ1n) is 7.08. The van der Waals surface area contributed by atoms with Crippen LogP contribution in [0.1, 0.15) is 11.1 Å². The molecule has 122 valence electrons. The van der Waals surface area contributed by atoms with E-state index in [1.807, 2.05) is 0 Å².